The number of hydrogen-bond acceptors (Lipinski definition) is 1. The van der Waals surface area contributed by atoms with Gasteiger partial charge in [-0.2, -0.15) is 0 Å². The van der Waals surface area contributed by atoms with Gasteiger partial charge < -0.3 is 5.32 Å². The summed E-state index contributed by atoms with van der Waals surface area (Å²) in [6.45, 7) is 2.19. The first-order chi connectivity index (χ1) is 9.74. The highest BCUT2D eigenvalue weighted by atomic mass is 35.5. The van der Waals surface area contributed by atoms with Crippen LogP contribution in [-0.2, 0) is 6.42 Å². The molecule has 1 nitrogen and oxygen atoms in total. The fourth-order valence-corrected chi connectivity index (χ4v) is 2.99. The Bertz CT molecular complexity index is 570. The molecule has 0 atom stereocenters. The van der Waals surface area contributed by atoms with E-state index in [4.69, 9.17) is 11.6 Å². The first-order valence-electron chi connectivity index (χ1n) is 7.35. The van der Waals surface area contributed by atoms with Crippen molar-refractivity contribution in [1.29, 1.82) is 0 Å². The number of aryl methyl sites for hydroxylation is 1. The third kappa shape index (κ3) is 2.99. The molecule has 0 bridgehead atoms. The second kappa shape index (κ2) is 5.88. The SMILES string of the molecule is CCc1cccc(NC2CC(c3ccc(Cl)cc3)C2)c1. The van der Waals surface area contributed by atoms with E-state index in [-0.39, 0.29) is 0 Å². The Morgan fingerprint density at radius 1 is 1.10 bits per heavy atom. The van der Waals surface area contributed by atoms with Crippen LogP contribution >= 0.6 is 11.6 Å². The minimum absolute atomic E-state index is 0.600. The highest BCUT2D eigenvalue weighted by Gasteiger charge is 2.30. The number of nitrogens with one attached hydrogen (secondary N) is 1. The Kier molecular flexibility index (Phi) is 3.98. The van der Waals surface area contributed by atoms with E-state index < -0.39 is 0 Å². The van der Waals surface area contributed by atoms with Crippen molar-refractivity contribution in [3.05, 3.63) is 64.7 Å². The zero-order chi connectivity index (χ0) is 13.9. The molecule has 3 rings (SSSR count). The molecule has 0 unspecified atom stereocenters. The van der Waals surface area contributed by atoms with Crippen molar-refractivity contribution in [3.63, 3.8) is 0 Å². The minimum atomic E-state index is 0.600. The van der Waals surface area contributed by atoms with Crippen molar-refractivity contribution < 1.29 is 0 Å². The largest absolute Gasteiger partial charge is 0.382 e. The predicted octanol–water partition coefficient (Wildman–Crippen LogP) is 5.26. The quantitative estimate of drug-likeness (QED) is 0.808. The molecule has 0 heterocycles. The number of hydrogen-bond donors (Lipinski definition) is 1. The van der Waals surface area contributed by atoms with Gasteiger partial charge in [-0.25, -0.2) is 0 Å². The van der Waals surface area contributed by atoms with Gasteiger partial charge >= 0.3 is 0 Å². The molecular weight excluding hydrogens is 266 g/mol. The second-order valence-corrected chi connectivity index (χ2v) is 6.05. The lowest BCUT2D eigenvalue weighted by Gasteiger charge is -2.37. The third-order valence-corrected chi connectivity index (χ3v) is 4.44. The standard InChI is InChI=1S/C18H20ClN/c1-2-13-4-3-5-17(10-13)20-18-11-15(12-18)14-6-8-16(19)9-7-14/h3-10,15,18,20H,2,11-12H2,1H3. The summed E-state index contributed by atoms with van der Waals surface area (Å²) in [5.74, 6) is 0.680. The Labute approximate surface area is 126 Å². The van der Waals surface area contributed by atoms with Crippen LogP contribution in [0.3, 0.4) is 0 Å². The van der Waals surface area contributed by atoms with Gasteiger partial charge in [-0.05, 0) is 60.6 Å². The first kappa shape index (κ1) is 13.5. The normalized spacial score (nSPS) is 21.3. The molecule has 1 N–H and O–H groups in total. The van der Waals surface area contributed by atoms with Crippen LogP contribution in [0.15, 0.2) is 48.5 Å². The lowest BCUT2D eigenvalue weighted by molar-refractivity contribution is 0.374. The molecule has 0 aliphatic heterocycles. The van der Waals surface area contributed by atoms with Gasteiger partial charge in [0.25, 0.3) is 0 Å². The maximum absolute atomic E-state index is 5.93. The highest BCUT2D eigenvalue weighted by Crippen LogP contribution is 2.38. The summed E-state index contributed by atoms with van der Waals surface area (Å²) in [5, 5.41) is 4.46. The number of halogens is 1. The van der Waals surface area contributed by atoms with E-state index in [1.807, 2.05) is 12.1 Å². The average molecular weight is 286 g/mol. The highest BCUT2D eigenvalue weighted by molar-refractivity contribution is 6.30. The molecule has 0 saturated heterocycles. The first-order valence-corrected chi connectivity index (χ1v) is 7.73. The van der Waals surface area contributed by atoms with Gasteiger partial charge in [-0.15, -0.1) is 0 Å². The second-order valence-electron chi connectivity index (χ2n) is 5.62. The lowest BCUT2D eigenvalue weighted by Crippen LogP contribution is -2.33. The van der Waals surface area contributed by atoms with E-state index in [1.54, 1.807) is 0 Å². The van der Waals surface area contributed by atoms with Crippen LogP contribution in [0.2, 0.25) is 5.02 Å². The van der Waals surface area contributed by atoms with E-state index >= 15 is 0 Å². The Hall–Kier alpha value is -1.47. The molecule has 0 amide bonds. The van der Waals surface area contributed by atoms with Crippen molar-refractivity contribution >= 4 is 17.3 Å². The summed E-state index contributed by atoms with van der Waals surface area (Å²) in [6.07, 6.45) is 3.50. The van der Waals surface area contributed by atoms with Crippen molar-refractivity contribution in [3.8, 4) is 0 Å². The molecule has 2 aromatic rings. The fourth-order valence-electron chi connectivity index (χ4n) is 2.86. The van der Waals surface area contributed by atoms with E-state index in [0.29, 0.717) is 12.0 Å². The molecule has 20 heavy (non-hydrogen) atoms. The van der Waals surface area contributed by atoms with Crippen molar-refractivity contribution in [2.24, 2.45) is 0 Å². The van der Waals surface area contributed by atoms with Crippen LogP contribution in [0.1, 0.15) is 36.8 Å². The van der Waals surface area contributed by atoms with Crippen molar-refractivity contribution in [1.82, 2.24) is 0 Å². The Balaban J connectivity index is 1.56. The number of benzene rings is 2. The molecule has 2 aromatic carbocycles. The lowest BCUT2D eigenvalue weighted by atomic mass is 9.76. The maximum atomic E-state index is 5.93. The molecule has 0 aromatic heterocycles. The van der Waals surface area contributed by atoms with Crippen LogP contribution in [-0.4, -0.2) is 6.04 Å². The molecule has 1 saturated carbocycles. The average Bonchev–Trinajstić information content (AvgIpc) is 2.44. The molecule has 2 heteroatoms. The summed E-state index contributed by atoms with van der Waals surface area (Å²) in [6, 6.07) is 17.6. The number of rotatable bonds is 4. The molecule has 0 radical (unpaired) electrons. The van der Waals surface area contributed by atoms with Crippen LogP contribution in [0, 0.1) is 0 Å². The van der Waals surface area contributed by atoms with Crippen molar-refractivity contribution in [2.75, 3.05) is 5.32 Å². The van der Waals surface area contributed by atoms with Crippen LogP contribution in [0.25, 0.3) is 0 Å². The van der Waals surface area contributed by atoms with Crippen LogP contribution in [0.4, 0.5) is 5.69 Å². The fraction of sp³-hybridized carbons (Fsp3) is 0.333. The van der Waals surface area contributed by atoms with Gasteiger partial charge in [-0.3, -0.25) is 0 Å². The van der Waals surface area contributed by atoms with Gasteiger partial charge in [0, 0.05) is 16.8 Å². The van der Waals surface area contributed by atoms with E-state index in [0.717, 1.165) is 11.4 Å². The third-order valence-electron chi connectivity index (χ3n) is 4.19. The monoisotopic (exact) mass is 285 g/mol. The smallest absolute Gasteiger partial charge is 0.0406 e. The summed E-state index contributed by atoms with van der Waals surface area (Å²) in [7, 11) is 0. The van der Waals surface area contributed by atoms with E-state index in [9.17, 15) is 0 Å². The molecule has 1 fully saturated rings. The van der Waals surface area contributed by atoms with Gasteiger partial charge in [0.2, 0.25) is 0 Å². The minimum Gasteiger partial charge on any atom is -0.382 e. The molecule has 1 aliphatic rings. The molecule has 0 spiro atoms. The zero-order valence-electron chi connectivity index (χ0n) is 11.8. The summed E-state index contributed by atoms with van der Waals surface area (Å²) in [5.41, 5.74) is 4.06. The van der Waals surface area contributed by atoms with Crippen molar-refractivity contribution in [2.45, 2.75) is 38.1 Å². The molecular formula is C18H20ClN. The number of anilines is 1. The molecule has 104 valence electrons. The zero-order valence-corrected chi connectivity index (χ0v) is 12.5. The van der Waals surface area contributed by atoms with Crippen LogP contribution in [0.5, 0.6) is 0 Å². The van der Waals surface area contributed by atoms with E-state index in [1.165, 1.54) is 29.7 Å². The van der Waals surface area contributed by atoms with Gasteiger partial charge in [0.1, 0.15) is 0 Å². The van der Waals surface area contributed by atoms with Gasteiger partial charge in [0.05, 0.1) is 0 Å². The maximum Gasteiger partial charge on any atom is 0.0406 e. The topological polar surface area (TPSA) is 12.0 Å². The summed E-state index contributed by atoms with van der Waals surface area (Å²) >= 11 is 5.93. The summed E-state index contributed by atoms with van der Waals surface area (Å²) in [4.78, 5) is 0. The van der Waals surface area contributed by atoms with E-state index in [2.05, 4.69) is 48.6 Å². The summed E-state index contributed by atoms with van der Waals surface area (Å²) < 4.78 is 0. The predicted molar refractivity (Wildman–Crippen MR) is 86.7 cm³/mol. The molecule has 1 aliphatic carbocycles. The Morgan fingerprint density at radius 3 is 2.55 bits per heavy atom. The van der Waals surface area contributed by atoms with Gasteiger partial charge in [-0.1, -0.05) is 42.8 Å². The van der Waals surface area contributed by atoms with Gasteiger partial charge in [0.15, 0.2) is 0 Å². The van der Waals surface area contributed by atoms with Crippen LogP contribution < -0.4 is 5.32 Å². The Morgan fingerprint density at radius 2 is 1.85 bits per heavy atom.